The van der Waals surface area contributed by atoms with Gasteiger partial charge in [-0.15, -0.1) is 0 Å². The van der Waals surface area contributed by atoms with Gasteiger partial charge in [-0.25, -0.2) is 8.42 Å². The third kappa shape index (κ3) is 2.78. The Balaban J connectivity index is 2.28. The number of hydrogen-bond donors (Lipinski definition) is 0. The van der Waals surface area contributed by atoms with Crippen molar-refractivity contribution in [2.45, 2.75) is 18.2 Å². The Morgan fingerprint density at radius 1 is 1.24 bits per heavy atom. The summed E-state index contributed by atoms with van der Waals surface area (Å²) in [6.45, 7) is 3.08. The second-order valence-corrected chi connectivity index (χ2v) is 6.97. The molecule has 17 heavy (non-hydrogen) atoms. The average Bonchev–Trinajstić information content (AvgIpc) is 2.30. The highest BCUT2D eigenvalue weighted by atomic mass is 79.9. The highest BCUT2D eigenvalue weighted by Gasteiger charge is 2.24. The maximum atomic E-state index is 12.3. The zero-order valence-corrected chi connectivity index (χ0v) is 12.0. The van der Waals surface area contributed by atoms with E-state index >= 15 is 0 Å². The van der Waals surface area contributed by atoms with Gasteiger partial charge >= 0.3 is 0 Å². The molecule has 0 unspecified atom stereocenters. The SMILES string of the molecule is CC1=CCN(S(=O)(=O)c2ccc(Br)cc2)CC1. The molecule has 1 aliphatic heterocycles. The summed E-state index contributed by atoms with van der Waals surface area (Å²) < 4.78 is 27.0. The summed E-state index contributed by atoms with van der Waals surface area (Å²) in [6, 6.07) is 6.75. The fourth-order valence-electron chi connectivity index (χ4n) is 1.73. The Morgan fingerprint density at radius 3 is 2.41 bits per heavy atom. The van der Waals surface area contributed by atoms with E-state index in [-0.39, 0.29) is 0 Å². The van der Waals surface area contributed by atoms with Gasteiger partial charge in [-0.1, -0.05) is 27.6 Å². The smallest absolute Gasteiger partial charge is 0.207 e. The summed E-state index contributed by atoms with van der Waals surface area (Å²) >= 11 is 3.30. The van der Waals surface area contributed by atoms with Crippen LogP contribution in [0, 0.1) is 0 Å². The predicted octanol–water partition coefficient (Wildman–Crippen LogP) is 2.79. The van der Waals surface area contributed by atoms with E-state index in [1.165, 1.54) is 9.88 Å². The Kier molecular flexibility index (Phi) is 3.70. The minimum absolute atomic E-state index is 0.355. The van der Waals surface area contributed by atoms with Crippen molar-refractivity contribution in [2.75, 3.05) is 13.1 Å². The first-order chi connectivity index (χ1) is 8.00. The molecule has 5 heteroatoms. The van der Waals surface area contributed by atoms with Gasteiger partial charge < -0.3 is 0 Å². The van der Waals surface area contributed by atoms with Crippen molar-refractivity contribution in [3.8, 4) is 0 Å². The monoisotopic (exact) mass is 315 g/mol. The van der Waals surface area contributed by atoms with E-state index in [9.17, 15) is 8.42 Å². The molecule has 1 heterocycles. The molecule has 0 N–H and O–H groups in total. The van der Waals surface area contributed by atoms with E-state index in [2.05, 4.69) is 15.9 Å². The first kappa shape index (κ1) is 12.8. The zero-order chi connectivity index (χ0) is 12.5. The van der Waals surface area contributed by atoms with Crippen molar-refractivity contribution in [3.63, 3.8) is 0 Å². The molecule has 0 amide bonds. The maximum absolute atomic E-state index is 12.3. The number of halogens is 1. The minimum Gasteiger partial charge on any atom is -0.207 e. The summed E-state index contributed by atoms with van der Waals surface area (Å²) in [4.78, 5) is 0.355. The fourth-order valence-corrected chi connectivity index (χ4v) is 3.37. The van der Waals surface area contributed by atoms with Crippen molar-refractivity contribution >= 4 is 26.0 Å². The summed E-state index contributed by atoms with van der Waals surface area (Å²) in [5, 5.41) is 0. The van der Waals surface area contributed by atoms with Crippen molar-refractivity contribution in [1.82, 2.24) is 4.31 Å². The fraction of sp³-hybridized carbons (Fsp3) is 0.333. The third-order valence-electron chi connectivity index (χ3n) is 2.85. The van der Waals surface area contributed by atoms with E-state index in [1.807, 2.05) is 13.0 Å². The molecule has 1 aromatic rings. The van der Waals surface area contributed by atoms with E-state index in [1.54, 1.807) is 24.3 Å². The van der Waals surface area contributed by atoms with E-state index in [0.29, 0.717) is 18.0 Å². The van der Waals surface area contributed by atoms with Gasteiger partial charge in [0.15, 0.2) is 0 Å². The van der Waals surface area contributed by atoms with Gasteiger partial charge in [-0.3, -0.25) is 0 Å². The quantitative estimate of drug-likeness (QED) is 0.787. The molecule has 0 radical (unpaired) electrons. The van der Waals surface area contributed by atoms with Crippen LogP contribution in [0.3, 0.4) is 0 Å². The van der Waals surface area contributed by atoms with Crippen LogP contribution in [-0.4, -0.2) is 25.8 Å². The van der Waals surface area contributed by atoms with Crippen molar-refractivity contribution in [2.24, 2.45) is 0 Å². The number of hydrogen-bond acceptors (Lipinski definition) is 2. The maximum Gasteiger partial charge on any atom is 0.243 e. The molecule has 92 valence electrons. The van der Waals surface area contributed by atoms with Crippen LogP contribution in [0.5, 0.6) is 0 Å². The van der Waals surface area contributed by atoms with Crippen LogP contribution in [0.2, 0.25) is 0 Å². The second kappa shape index (κ2) is 4.92. The highest BCUT2D eigenvalue weighted by molar-refractivity contribution is 9.10. The summed E-state index contributed by atoms with van der Waals surface area (Å²) in [5.41, 5.74) is 1.26. The van der Waals surface area contributed by atoms with Crippen molar-refractivity contribution < 1.29 is 8.42 Å². The molecule has 2 rings (SSSR count). The van der Waals surface area contributed by atoms with E-state index in [4.69, 9.17) is 0 Å². The first-order valence-electron chi connectivity index (χ1n) is 5.41. The molecular formula is C12H14BrNO2S. The van der Waals surface area contributed by atoms with Gasteiger partial charge in [0.1, 0.15) is 0 Å². The Bertz CT molecular complexity index is 534. The van der Waals surface area contributed by atoms with E-state index in [0.717, 1.165) is 10.9 Å². The number of benzene rings is 1. The predicted molar refractivity (Wildman–Crippen MR) is 71.3 cm³/mol. The van der Waals surface area contributed by atoms with Crippen LogP contribution in [0.1, 0.15) is 13.3 Å². The van der Waals surface area contributed by atoms with Crippen LogP contribution in [0.25, 0.3) is 0 Å². The van der Waals surface area contributed by atoms with Gasteiger partial charge in [0.25, 0.3) is 0 Å². The number of sulfonamides is 1. The molecule has 0 saturated heterocycles. The van der Waals surface area contributed by atoms with Crippen molar-refractivity contribution in [3.05, 3.63) is 40.4 Å². The molecule has 0 aromatic heterocycles. The Morgan fingerprint density at radius 2 is 1.88 bits per heavy atom. The lowest BCUT2D eigenvalue weighted by atomic mass is 10.1. The number of rotatable bonds is 2. The van der Waals surface area contributed by atoms with E-state index < -0.39 is 10.0 Å². The van der Waals surface area contributed by atoms with Crippen LogP contribution >= 0.6 is 15.9 Å². The molecule has 0 aliphatic carbocycles. The Labute approximate surface area is 110 Å². The largest absolute Gasteiger partial charge is 0.243 e. The molecule has 0 atom stereocenters. The second-order valence-electron chi connectivity index (χ2n) is 4.12. The standard InChI is InChI=1S/C12H14BrNO2S/c1-10-6-8-14(9-7-10)17(15,16)12-4-2-11(13)3-5-12/h2-6H,7-9H2,1H3. The normalized spacial score (nSPS) is 17.9. The van der Waals surface area contributed by atoms with Gasteiger partial charge in [0, 0.05) is 17.6 Å². The Hall–Kier alpha value is -0.650. The number of nitrogens with zero attached hydrogens (tertiary/aromatic N) is 1. The van der Waals surface area contributed by atoms with Crippen LogP contribution in [-0.2, 0) is 10.0 Å². The van der Waals surface area contributed by atoms with Gasteiger partial charge in [0.05, 0.1) is 4.90 Å². The first-order valence-corrected chi connectivity index (χ1v) is 7.65. The van der Waals surface area contributed by atoms with Crippen LogP contribution in [0.4, 0.5) is 0 Å². The molecular weight excluding hydrogens is 302 g/mol. The molecule has 0 spiro atoms. The van der Waals surface area contributed by atoms with Crippen molar-refractivity contribution in [1.29, 1.82) is 0 Å². The molecule has 0 bridgehead atoms. The summed E-state index contributed by atoms with van der Waals surface area (Å²) in [5.74, 6) is 0. The summed E-state index contributed by atoms with van der Waals surface area (Å²) in [7, 11) is -3.33. The lowest BCUT2D eigenvalue weighted by Crippen LogP contribution is -2.34. The average molecular weight is 316 g/mol. The van der Waals surface area contributed by atoms with Crippen LogP contribution < -0.4 is 0 Å². The van der Waals surface area contributed by atoms with Crippen LogP contribution in [0.15, 0.2) is 45.3 Å². The zero-order valence-electron chi connectivity index (χ0n) is 9.56. The van der Waals surface area contributed by atoms with Gasteiger partial charge in [0.2, 0.25) is 10.0 Å². The molecule has 3 nitrogen and oxygen atoms in total. The molecule has 0 fully saturated rings. The van der Waals surface area contributed by atoms with Gasteiger partial charge in [-0.05, 0) is 37.6 Å². The minimum atomic E-state index is -3.33. The molecule has 1 aromatic carbocycles. The third-order valence-corrected chi connectivity index (χ3v) is 5.26. The van der Waals surface area contributed by atoms with Gasteiger partial charge in [-0.2, -0.15) is 4.31 Å². The highest BCUT2D eigenvalue weighted by Crippen LogP contribution is 2.21. The topological polar surface area (TPSA) is 37.4 Å². The molecule has 1 aliphatic rings. The molecule has 0 saturated carbocycles. The lowest BCUT2D eigenvalue weighted by Gasteiger charge is -2.24. The lowest BCUT2D eigenvalue weighted by molar-refractivity contribution is 0.431. The summed E-state index contributed by atoms with van der Waals surface area (Å²) in [6.07, 6.45) is 2.79.